The van der Waals surface area contributed by atoms with Crippen molar-refractivity contribution in [1.29, 1.82) is 0 Å². The topological polar surface area (TPSA) is 60.3 Å². The fourth-order valence-electron chi connectivity index (χ4n) is 3.73. The van der Waals surface area contributed by atoms with Gasteiger partial charge < -0.3 is 19.3 Å². The Morgan fingerprint density at radius 2 is 2.09 bits per heavy atom. The van der Waals surface area contributed by atoms with Crippen molar-refractivity contribution in [1.82, 2.24) is 0 Å². The molecule has 0 radical (unpaired) electrons. The Bertz CT molecular complexity index is 707. The summed E-state index contributed by atoms with van der Waals surface area (Å²) in [6.45, 7) is 0.763. The molecule has 3 aliphatic heterocycles. The number of benzene rings is 1. The second-order valence-corrected chi connectivity index (χ2v) is 6.18. The van der Waals surface area contributed by atoms with E-state index in [2.05, 4.69) is 6.07 Å². The molecule has 0 saturated heterocycles. The van der Waals surface area contributed by atoms with Crippen LogP contribution in [-0.4, -0.2) is 43.8 Å². The first-order valence-corrected chi connectivity index (χ1v) is 8.10. The van der Waals surface area contributed by atoms with E-state index in [1.807, 2.05) is 6.08 Å². The van der Waals surface area contributed by atoms with Crippen molar-refractivity contribution in [3.05, 3.63) is 28.8 Å². The van der Waals surface area contributed by atoms with E-state index >= 15 is 0 Å². The molecule has 0 spiro atoms. The highest BCUT2D eigenvalue weighted by Gasteiger charge is 2.38. The van der Waals surface area contributed by atoms with Crippen LogP contribution in [0.2, 0.25) is 0 Å². The van der Waals surface area contributed by atoms with Crippen LogP contribution in [0.25, 0.3) is 5.76 Å². The highest BCUT2D eigenvalue weighted by molar-refractivity contribution is 6.12. The summed E-state index contributed by atoms with van der Waals surface area (Å²) in [6, 6.07) is 2.06. The highest BCUT2D eigenvalue weighted by atomic mass is 16.5. The molecule has 2 bridgehead atoms. The van der Waals surface area contributed by atoms with Gasteiger partial charge in [0.15, 0.2) is 11.5 Å². The number of aliphatic hydroxyl groups is 1. The number of methoxy groups -OCH3 is 2. The number of rotatable bonds is 2. The van der Waals surface area contributed by atoms with Gasteiger partial charge in [-0.15, -0.1) is 0 Å². The lowest BCUT2D eigenvalue weighted by atomic mass is 9.83. The van der Waals surface area contributed by atoms with Crippen molar-refractivity contribution >= 4 is 11.5 Å². The van der Waals surface area contributed by atoms with Gasteiger partial charge in [0.2, 0.25) is 0 Å². The van der Waals surface area contributed by atoms with Crippen molar-refractivity contribution in [2.45, 2.75) is 37.9 Å². The van der Waals surface area contributed by atoms with Crippen molar-refractivity contribution < 1.29 is 19.3 Å². The minimum atomic E-state index is -0.335. The molecular formula is C18H21NO4. The van der Waals surface area contributed by atoms with Gasteiger partial charge in [-0.2, -0.15) is 0 Å². The Morgan fingerprint density at radius 3 is 2.87 bits per heavy atom. The average Bonchev–Trinajstić information content (AvgIpc) is 2.57. The number of fused-ring (bicyclic) bond motifs is 4. The lowest BCUT2D eigenvalue weighted by Gasteiger charge is -2.36. The molecular weight excluding hydrogens is 294 g/mol. The summed E-state index contributed by atoms with van der Waals surface area (Å²) in [5.41, 5.74) is 4.30. The number of hydrogen-bond donors (Lipinski definition) is 1. The van der Waals surface area contributed by atoms with Crippen LogP contribution in [0.1, 0.15) is 36.0 Å². The number of aliphatic imine (C=N–C) groups is 1. The molecule has 5 nitrogen and oxygen atoms in total. The predicted molar refractivity (Wildman–Crippen MR) is 87.4 cm³/mol. The molecule has 0 aliphatic carbocycles. The summed E-state index contributed by atoms with van der Waals surface area (Å²) in [7, 11) is 3.29. The Labute approximate surface area is 135 Å². The molecule has 1 aromatic carbocycles. The van der Waals surface area contributed by atoms with E-state index in [1.54, 1.807) is 14.2 Å². The smallest absolute Gasteiger partial charge is 0.172 e. The minimum absolute atomic E-state index is 0.0825. The van der Waals surface area contributed by atoms with Crippen LogP contribution in [0.5, 0.6) is 11.5 Å². The van der Waals surface area contributed by atoms with Crippen LogP contribution in [0.3, 0.4) is 0 Å². The van der Waals surface area contributed by atoms with E-state index in [-0.39, 0.29) is 12.2 Å². The minimum Gasteiger partial charge on any atom is -0.493 e. The lowest BCUT2D eigenvalue weighted by molar-refractivity contribution is 0.127. The molecule has 0 saturated carbocycles. The van der Waals surface area contributed by atoms with Crippen LogP contribution < -0.4 is 9.47 Å². The van der Waals surface area contributed by atoms with E-state index in [9.17, 15) is 5.11 Å². The molecule has 2 atom stereocenters. The first-order valence-electron chi connectivity index (χ1n) is 8.10. The molecule has 0 fully saturated rings. The molecule has 3 aliphatic rings. The van der Waals surface area contributed by atoms with Gasteiger partial charge in [-0.3, -0.25) is 4.99 Å². The van der Waals surface area contributed by atoms with Gasteiger partial charge in [-0.05, 0) is 43.4 Å². The lowest BCUT2D eigenvalue weighted by Crippen LogP contribution is -2.35. The molecule has 1 aromatic rings. The van der Waals surface area contributed by atoms with Gasteiger partial charge in [-0.25, -0.2) is 0 Å². The zero-order chi connectivity index (χ0) is 16.0. The van der Waals surface area contributed by atoms with Gasteiger partial charge >= 0.3 is 0 Å². The predicted octanol–water partition coefficient (Wildman–Crippen LogP) is 2.33. The molecule has 23 heavy (non-hydrogen) atoms. The van der Waals surface area contributed by atoms with Crippen molar-refractivity contribution in [2.75, 3.05) is 20.8 Å². The molecule has 5 heteroatoms. The second-order valence-electron chi connectivity index (χ2n) is 6.18. The molecule has 4 rings (SSSR count). The SMILES string of the molecule is COc1cc2c3c(c1OC)/C1=C/C[C@@H](O)CC[C@@H](O1)C3=NCC2. The zero-order valence-corrected chi connectivity index (χ0v) is 13.5. The van der Waals surface area contributed by atoms with Crippen LogP contribution in [0.15, 0.2) is 17.1 Å². The van der Waals surface area contributed by atoms with Crippen LogP contribution >= 0.6 is 0 Å². The standard InChI is InChI=1S/C18H21NO4/c1-21-14-9-10-7-8-19-17-13-6-4-11(20)3-5-12(23-13)16(15(10)17)18(14)22-2/h5,9,11,13,20H,3-4,6-8H2,1-2H3/b12-5-/t11-,13-/m1/s1. The number of aliphatic hydroxyl groups excluding tert-OH is 1. The van der Waals surface area contributed by atoms with Crippen molar-refractivity contribution in [2.24, 2.45) is 4.99 Å². The number of nitrogens with zero attached hydrogens (tertiary/aromatic N) is 1. The summed E-state index contributed by atoms with van der Waals surface area (Å²) in [5.74, 6) is 2.18. The Morgan fingerprint density at radius 1 is 1.22 bits per heavy atom. The fourth-order valence-corrected chi connectivity index (χ4v) is 3.73. The maximum absolute atomic E-state index is 10.1. The molecule has 3 heterocycles. The molecule has 0 unspecified atom stereocenters. The molecule has 122 valence electrons. The van der Waals surface area contributed by atoms with Crippen molar-refractivity contribution in [3.8, 4) is 11.5 Å². The highest BCUT2D eigenvalue weighted by Crippen LogP contribution is 2.46. The largest absolute Gasteiger partial charge is 0.493 e. The maximum Gasteiger partial charge on any atom is 0.172 e. The summed E-state index contributed by atoms with van der Waals surface area (Å²) >= 11 is 0. The number of hydrogen-bond acceptors (Lipinski definition) is 5. The van der Waals surface area contributed by atoms with Gasteiger partial charge in [0.25, 0.3) is 0 Å². The Kier molecular flexibility index (Phi) is 3.53. The summed E-state index contributed by atoms with van der Waals surface area (Å²) in [6.07, 6.45) is 4.55. The maximum atomic E-state index is 10.1. The van der Waals surface area contributed by atoms with Gasteiger partial charge in [-0.1, -0.05) is 0 Å². The van der Waals surface area contributed by atoms with E-state index in [0.717, 1.165) is 48.4 Å². The van der Waals surface area contributed by atoms with Crippen LogP contribution in [0, 0.1) is 0 Å². The third-order valence-corrected chi connectivity index (χ3v) is 4.83. The third-order valence-electron chi connectivity index (χ3n) is 4.83. The van der Waals surface area contributed by atoms with E-state index in [1.165, 1.54) is 5.56 Å². The summed E-state index contributed by atoms with van der Waals surface area (Å²) < 4.78 is 17.4. The average molecular weight is 315 g/mol. The second kappa shape index (κ2) is 5.57. The van der Waals surface area contributed by atoms with Crippen LogP contribution in [0.4, 0.5) is 0 Å². The zero-order valence-electron chi connectivity index (χ0n) is 13.5. The fraction of sp³-hybridized carbons (Fsp3) is 0.500. The first-order chi connectivity index (χ1) is 11.2. The summed E-state index contributed by atoms with van der Waals surface area (Å²) in [5, 5.41) is 10.1. The molecule has 0 aromatic heterocycles. The Balaban J connectivity index is 2.00. The summed E-state index contributed by atoms with van der Waals surface area (Å²) in [4.78, 5) is 4.74. The van der Waals surface area contributed by atoms with Gasteiger partial charge in [0.1, 0.15) is 11.9 Å². The molecule has 1 N–H and O–H groups in total. The third kappa shape index (κ3) is 2.22. The number of ether oxygens (including phenoxy) is 3. The monoisotopic (exact) mass is 315 g/mol. The van der Waals surface area contributed by atoms with Gasteiger partial charge in [0.05, 0.1) is 31.6 Å². The van der Waals surface area contributed by atoms with Crippen molar-refractivity contribution in [3.63, 3.8) is 0 Å². The first kappa shape index (κ1) is 14.6. The molecule has 0 amide bonds. The normalized spacial score (nSPS) is 27.4. The van der Waals surface area contributed by atoms with Gasteiger partial charge in [0, 0.05) is 12.1 Å². The van der Waals surface area contributed by atoms with E-state index in [4.69, 9.17) is 19.2 Å². The van der Waals surface area contributed by atoms with E-state index < -0.39 is 0 Å². The van der Waals surface area contributed by atoms with Crippen LogP contribution in [-0.2, 0) is 11.2 Å². The van der Waals surface area contributed by atoms with E-state index in [0.29, 0.717) is 17.9 Å². The quantitative estimate of drug-likeness (QED) is 0.910. The Hall–Kier alpha value is -2.01.